The smallest absolute Gasteiger partial charge is 0.123 e. The molecular weight excluding hydrogens is 302 g/mol. The van der Waals surface area contributed by atoms with Gasteiger partial charge in [-0.25, -0.2) is 4.98 Å². The highest BCUT2D eigenvalue weighted by atomic mass is 35.5. The zero-order valence-electron chi connectivity index (χ0n) is 12.9. The molecule has 0 fully saturated rings. The van der Waals surface area contributed by atoms with Gasteiger partial charge < -0.3 is 4.74 Å². The lowest BCUT2D eigenvalue weighted by Crippen LogP contribution is -2.00. The van der Waals surface area contributed by atoms with Crippen molar-refractivity contribution in [2.75, 3.05) is 6.61 Å². The normalized spacial score (nSPS) is 11.3. The predicted molar refractivity (Wildman–Crippen MR) is 91.0 cm³/mol. The van der Waals surface area contributed by atoms with Gasteiger partial charge in [0.1, 0.15) is 5.01 Å². The number of halogens is 1. The van der Waals surface area contributed by atoms with Crippen LogP contribution in [0.5, 0.6) is 0 Å². The Labute approximate surface area is 136 Å². The van der Waals surface area contributed by atoms with Crippen LogP contribution in [0.4, 0.5) is 0 Å². The summed E-state index contributed by atoms with van der Waals surface area (Å²) in [6, 6.07) is 6.44. The van der Waals surface area contributed by atoms with Crippen LogP contribution in [0.15, 0.2) is 23.6 Å². The van der Waals surface area contributed by atoms with E-state index in [4.69, 9.17) is 16.3 Å². The van der Waals surface area contributed by atoms with Crippen LogP contribution in [-0.2, 0) is 17.2 Å². The number of alkyl halides is 1. The van der Waals surface area contributed by atoms with Crippen molar-refractivity contribution in [2.45, 2.75) is 39.7 Å². The summed E-state index contributed by atoms with van der Waals surface area (Å²) in [5, 5.41) is 3.04. The van der Waals surface area contributed by atoms with Gasteiger partial charge in [-0.1, -0.05) is 26.0 Å². The van der Waals surface area contributed by atoms with Crippen LogP contribution < -0.4 is 0 Å². The minimum Gasteiger partial charge on any atom is -0.377 e. The maximum atomic E-state index is 5.80. The second-order valence-electron chi connectivity index (χ2n) is 5.65. The molecule has 1 heterocycles. The predicted octanol–water partition coefficient (Wildman–Crippen LogP) is 5.42. The Morgan fingerprint density at radius 1 is 1.33 bits per heavy atom. The van der Waals surface area contributed by atoms with Crippen molar-refractivity contribution < 1.29 is 4.74 Å². The third-order valence-corrected chi connectivity index (χ3v) is 4.59. The molecule has 21 heavy (non-hydrogen) atoms. The second-order valence-corrected chi connectivity index (χ2v) is 6.78. The van der Waals surface area contributed by atoms with Gasteiger partial charge in [0.25, 0.3) is 0 Å². The standard InChI is InChI=1S/C17H22ClNOS/c1-12(2)6-7-20-10-15-5-4-14(8-13(15)3)17-19-16(9-18)11-21-17/h4-5,8,11-12H,6-7,9-10H2,1-3H3. The molecule has 0 aliphatic carbocycles. The largest absolute Gasteiger partial charge is 0.377 e. The molecule has 2 nitrogen and oxygen atoms in total. The summed E-state index contributed by atoms with van der Waals surface area (Å²) in [6.07, 6.45) is 1.11. The lowest BCUT2D eigenvalue weighted by atomic mass is 10.1. The van der Waals surface area contributed by atoms with Crippen molar-refractivity contribution in [3.63, 3.8) is 0 Å². The lowest BCUT2D eigenvalue weighted by Gasteiger charge is -2.09. The Kier molecular flexibility index (Phi) is 6.22. The summed E-state index contributed by atoms with van der Waals surface area (Å²) in [5.74, 6) is 1.16. The summed E-state index contributed by atoms with van der Waals surface area (Å²) < 4.78 is 5.75. The summed E-state index contributed by atoms with van der Waals surface area (Å²) in [5.41, 5.74) is 4.59. The van der Waals surface area contributed by atoms with Gasteiger partial charge in [-0.2, -0.15) is 0 Å². The number of rotatable bonds is 7. The molecule has 0 aliphatic heterocycles. The molecule has 0 bridgehead atoms. The number of hydrogen-bond donors (Lipinski definition) is 0. The van der Waals surface area contributed by atoms with Crippen molar-refractivity contribution in [2.24, 2.45) is 5.92 Å². The van der Waals surface area contributed by atoms with E-state index < -0.39 is 0 Å². The molecular formula is C17H22ClNOS. The monoisotopic (exact) mass is 323 g/mol. The first-order valence-corrected chi connectivity index (χ1v) is 8.69. The van der Waals surface area contributed by atoms with E-state index in [0.717, 1.165) is 29.3 Å². The van der Waals surface area contributed by atoms with Crippen molar-refractivity contribution in [1.82, 2.24) is 4.98 Å². The highest BCUT2D eigenvalue weighted by Crippen LogP contribution is 2.26. The van der Waals surface area contributed by atoms with Crippen molar-refractivity contribution in [3.05, 3.63) is 40.4 Å². The van der Waals surface area contributed by atoms with Gasteiger partial charge in [-0.15, -0.1) is 22.9 Å². The SMILES string of the molecule is Cc1cc(-c2nc(CCl)cs2)ccc1COCCC(C)C. The first kappa shape index (κ1) is 16.5. The average molecular weight is 324 g/mol. The number of aromatic nitrogens is 1. The van der Waals surface area contributed by atoms with Gasteiger partial charge >= 0.3 is 0 Å². The Balaban J connectivity index is 2.00. The molecule has 0 aliphatic rings. The van der Waals surface area contributed by atoms with Crippen LogP contribution in [-0.4, -0.2) is 11.6 Å². The molecule has 0 saturated carbocycles. The van der Waals surface area contributed by atoms with E-state index in [1.807, 2.05) is 5.38 Å². The fourth-order valence-electron chi connectivity index (χ4n) is 1.99. The molecule has 0 spiro atoms. The molecule has 2 aromatic rings. The Hall–Kier alpha value is -0.900. The highest BCUT2D eigenvalue weighted by molar-refractivity contribution is 7.13. The average Bonchev–Trinajstić information content (AvgIpc) is 2.93. The molecule has 0 N–H and O–H groups in total. The maximum Gasteiger partial charge on any atom is 0.123 e. The van der Waals surface area contributed by atoms with E-state index in [-0.39, 0.29) is 0 Å². The number of nitrogens with zero attached hydrogens (tertiary/aromatic N) is 1. The fraction of sp³-hybridized carbons (Fsp3) is 0.471. The molecule has 0 unspecified atom stereocenters. The second kappa shape index (κ2) is 7.92. The lowest BCUT2D eigenvalue weighted by molar-refractivity contribution is 0.110. The molecule has 0 atom stereocenters. The molecule has 1 aromatic carbocycles. The van der Waals surface area contributed by atoms with Crippen molar-refractivity contribution >= 4 is 22.9 Å². The quantitative estimate of drug-likeness (QED) is 0.501. The Morgan fingerprint density at radius 2 is 2.14 bits per heavy atom. The first-order chi connectivity index (χ1) is 10.1. The molecule has 0 saturated heterocycles. The fourth-order valence-corrected chi connectivity index (χ4v) is 3.04. The van der Waals surface area contributed by atoms with Gasteiger partial charge in [-0.3, -0.25) is 0 Å². The zero-order chi connectivity index (χ0) is 15.2. The van der Waals surface area contributed by atoms with E-state index in [0.29, 0.717) is 18.4 Å². The third kappa shape index (κ3) is 4.80. The Morgan fingerprint density at radius 3 is 2.76 bits per heavy atom. The molecule has 2 rings (SSSR count). The Bertz CT molecular complexity index is 580. The van der Waals surface area contributed by atoms with Gasteiger partial charge in [-0.05, 0) is 36.5 Å². The van der Waals surface area contributed by atoms with E-state index >= 15 is 0 Å². The minimum atomic E-state index is 0.470. The molecule has 1 aromatic heterocycles. The number of hydrogen-bond acceptors (Lipinski definition) is 3. The topological polar surface area (TPSA) is 22.1 Å². The number of thiazole rings is 1. The highest BCUT2D eigenvalue weighted by Gasteiger charge is 2.07. The summed E-state index contributed by atoms with van der Waals surface area (Å²) in [7, 11) is 0. The van der Waals surface area contributed by atoms with Crippen LogP contribution in [0, 0.1) is 12.8 Å². The zero-order valence-corrected chi connectivity index (χ0v) is 14.4. The van der Waals surface area contributed by atoms with Crippen LogP contribution >= 0.6 is 22.9 Å². The number of benzene rings is 1. The van der Waals surface area contributed by atoms with Gasteiger partial charge in [0.05, 0.1) is 18.2 Å². The van der Waals surface area contributed by atoms with Crippen LogP contribution in [0.2, 0.25) is 0 Å². The van der Waals surface area contributed by atoms with E-state index in [9.17, 15) is 0 Å². The maximum absolute atomic E-state index is 5.80. The van der Waals surface area contributed by atoms with Crippen LogP contribution in [0.3, 0.4) is 0 Å². The van der Waals surface area contributed by atoms with Crippen molar-refractivity contribution in [1.29, 1.82) is 0 Å². The van der Waals surface area contributed by atoms with Crippen LogP contribution in [0.1, 0.15) is 37.1 Å². The van der Waals surface area contributed by atoms with E-state index in [2.05, 4.69) is 44.0 Å². The minimum absolute atomic E-state index is 0.470. The summed E-state index contributed by atoms with van der Waals surface area (Å²) in [4.78, 5) is 4.52. The molecule has 114 valence electrons. The molecule has 4 heteroatoms. The molecule has 0 radical (unpaired) electrons. The van der Waals surface area contributed by atoms with Gasteiger partial charge in [0, 0.05) is 17.6 Å². The first-order valence-electron chi connectivity index (χ1n) is 7.28. The number of aryl methyl sites for hydroxylation is 1. The van der Waals surface area contributed by atoms with Crippen LogP contribution in [0.25, 0.3) is 10.6 Å². The van der Waals surface area contributed by atoms with Gasteiger partial charge in [0.2, 0.25) is 0 Å². The van der Waals surface area contributed by atoms with E-state index in [1.165, 1.54) is 11.1 Å². The third-order valence-electron chi connectivity index (χ3n) is 3.38. The van der Waals surface area contributed by atoms with E-state index in [1.54, 1.807) is 11.3 Å². The molecule has 0 amide bonds. The van der Waals surface area contributed by atoms with Gasteiger partial charge in [0.15, 0.2) is 0 Å². The van der Waals surface area contributed by atoms with Crippen molar-refractivity contribution in [3.8, 4) is 10.6 Å². The summed E-state index contributed by atoms with van der Waals surface area (Å²) in [6.45, 7) is 8.06. The summed E-state index contributed by atoms with van der Waals surface area (Å²) >= 11 is 7.44. The number of ether oxygens (including phenoxy) is 1.